The SMILES string of the molecule is CC(CCCCc1ccccc1)S(=O)(=O)O. The zero-order valence-corrected chi connectivity index (χ0v) is 10.3. The Labute approximate surface area is 97.2 Å². The summed E-state index contributed by atoms with van der Waals surface area (Å²) < 4.78 is 30.3. The second kappa shape index (κ2) is 6.01. The van der Waals surface area contributed by atoms with Crippen molar-refractivity contribution in [3.8, 4) is 0 Å². The Morgan fingerprint density at radius 1 is 1.19 bits per heavy atom. The van der Waals surface area contributed by atoms with Gasteiger partial charge < -0.3 is 0 Å². The fraction of sp³-hybridized carbons (Fsp3) is 0.500. The van der Waals surface area contributed by atoms with Gasteiger partial charge in [-0.15, -0.1) is 0 Å². The van der Waals surface area contributed by atoms with Crippen LogP contribution in [-0.2, 0) is 16.5 Å². The molecule has 1 N–H and O–H groups in total. The molecule has 0 radical (unpaired) electrons. The predicted octanol–water partition coefficient (Wildman–Crippen LogP) is 2.68. The average molecular weight is 242 g/mol. The van der Waals surface area contributed by atoms with E-state index in [9.17, 15) is 8.42 Å². The summed E-state index contributed by atoms with van der Waals surface area (Å²) in [5, 5.41) is -0.650. The molecule has 0 saturated carbocycles. The van der Waals surface area contributed by atoms with E-state index in [4.69, 9.17) is 4.55 Å². The molecule has 0 amide bonds. The molecule has 0 aromatic heterocycles. The Hall–Kier alpha value is -0.870. The summed E-state index contributed by atoms with van der Waals surface area (Å²) in [7, 11) is -3.85. The highest BCUT2D eigenvalue weighted by Gasteiger charge is 2.15. The lowest BCUT2D eigenvalue weighted by Gasteiger charge is -2.07. The summed E-state index contributed by atoms with van der Waals surface area (Å²) in [6, 6.07) is 10.1. The van der Waals surface area contributed by atoms with E-state index in [1.165, 1.54) is 12.5 Å². The summed E-state index contributed by atoms with van der Waals surface area (Å²) in [6.07, 6.45) is 3.24. The molecule has 0 heterocycles. The van der Waals surface area contributed by atoms with Gasteiger partial charge in [-0.25, -0.2) is 0 Å². The van der Waals surface area contributed by atoms with E-state index in [0.717, 1.165) is 19.3 Å². The lowest BCUT2D eigenvalue weighted by Crippen LogP contribution is -2.16. The van der Waals surface area contributed by atoms with Gasteiger partial charge in [0.2, 0.25) is 0 Å². The van der Waals surface area contributed by atoms with E-state index >= 15 is 0 Å². The molecular weight excluding hydrogens is 224 g/mol. The molecule has 3 nitrogen and oxygen atoms in total. The Bertz CT molecular complexity index is 398. The predicted molar refractivity (Wildman–Crippen MR) is 65.0 cm³/mol. The molecule has 1 aromatic carbocycles. The molecule has 4 heteroatoms. The molecular formula is C12H18O3S. The van der Waals surface area contributed by atoms with Crippen molar-refractivity contribution in [2.75, 3.05) is 0 Å². The van der Waals surface area contributed by atoms with Gasteiger partial charge in [0.25, 0.3) is 10.1 Å². The van der Waals surface area contributed by atoms with E-state index in [1.54, 1.807) is 0 Å². The second-order valence-electron chi connectivity index (χ2n) is 4.06. The van der Waals surface area contributed by atoms with Crippen molar-refractivity contribution in [3.63, 3.8) is 0 Å². The molecule has 0 spiro atoms. The molecule has 1 aromatic rings. The topological polar surface area (TPSA) is 54.4 Å². The zero-order valence-electron chi connectivity index (χ0n) is 9.46. The minimum atomic E-state index is -3.85. The first-order chi connectivity index (χ1) is 7.50. The van der Waals surface area contributed by atoms with E-state index < -0.39 is 15.4 Å². The highest BCUT2D eigenvalue weighted by Crippen LogP contribution is 2.11. The van der Waals surface area contributed by atoms with Crippen LogP contribution in [-0.4, -0.2) is 18.2 Å². The molecule has 0 aliphatic carbocycles. The van der Waals surface area contributed by atoms with Crippen LogP contribution in [0.5, 0.6) is 0 Å². The smallest absolute Gasteiger partial charge is 0.267 e. The maximum Gasteiger partial charge on any atom is 0.267 e. The van der Waals surface area contributed by atoms with Crippen molar-refractivity contribution in [2.45, 2.75) is 37.9 Å². The van der Waals surface area contributed by atoms with E-state index in [0.29, 0.717) is 6.42 Å². The normalized spacial score (nSPS) is 13.6. The van der Waals surface area contributed by atoms with Crippen molar-refractivity contribution in [2.24, 2.45) is 0 Å². The Morgan fingerprint density at radius 3 is 2.38 bits per heavy atom. The number of hydrogen-bond acceptors (Lipinski definition) is 2. The van der Waals surface area contributed by atoms with E-state index in [2.05, 4.69) is 12.1 Å². The molecule has 0 fully saturated rings. The van der Waals surface area contributed by atoms with Crippen LogP contribution >= 0.6 is 0 Å². The molecule has 0 aliphatic heterocycles. The molecule has 16 heavy (non-hydrogen) atoms. The lowest BCUT2D eigenvalue weighted by molar-refractivity contribution is 0.463. The third kappa shape index (κ3) is 4.77. The van der Waals surface area contributed by atoms with Crippen LogP contribution in [0.3, 0.4) is 0 Å². The molecule has 1 rings (SSSR count). The third-order valence-corrected chi connectivity index (χ3v) is 3.93. The van der Waals surface area contributed by atoms with Gasteiger partial charge >= 0.3 is 0 Å². The van der Waals surface area contributed by atoms with Crippen LogP contribution in [0.2, 0.25) is 0 Å². The Balaban J connectivity index is 2.23. The first-order valence-corrected chi connectivity index (χ1v) is 7.00. The average Bonchev–Trinajstić information content (AvgIpc) is 2.24. The molecule has 0 saturated heterocycles. The van der Waals surface area contributed by atoms with Gasteiger partial charge in [-0.2, -0.15) is 8.42 Å². The van der Waals surface area contributed by atoms with Gasteiger partial charge in [0.1, 0.15) is 0 Å². The van der Waals surface area contributed by atoms with Crippen LogP contribution in [0.25, 0.3) is 0 Å². The van der Waals surface area contributed by atoms with Crippen LogP contribution in [0.15, 0.2) is 30.3 Å². The van der Waals surface area contributed by atoms with Crippen molar-refractivity contribution in [3.05, 3.63) is 35.9 Å². The van der Waals surface area contributed by atoms with E-state index in [-0.39, 0.29) is 0 Å². The first kappa shape index (κ1) is 13.2. The quantitative estimate of drug-likeness (QED) is 0.616. The largest absolute Gasteiger partial charge is 0.285 e. The van der Waals surface area contributed by atoms with Crippen LogP contribution in [0.1, 0.15) is 31.7 Å². The summed E-state index contributed by atoms with van der Waals surface area (Å²) in [5.74, 6) is 0. The van der Waals surface area contributed by atoms with Crippen molar-refractivity contribution >= 4 is 10.1 Å². The van der Waals surface area contributed by atoms with Crippen molar-refractivity contribution < 1.29 is 13.0 Å². The van der Waals surface area contributed by atoms with Gasteiger partial charge in [0.05, 0.1) is 5.25 Å². The summed E-state index contributed by atoms with van der Waals surface area (Å²) >= 11 is 0. The van der Waals surface area contributed by atoms with Gasteiger partial charge in [-0.1, -0.05) is 36.8 Å². The highest BCUT2D eigenvalue weighted by molar-refractivity contribution is 7.86. The summed E-state index contributed by atoms with van der Waals surface area (Å²) in [6.45, 7) is 1.54. The van der Waals surface area contributed by atoms with Gasteiger partial charge in [0, 0.05) is 0 Å². The molecule has 90 valence electrons. The maximum absolute atomic E-state index is 10.8. The molecule has 1 unspecified atom stereocenters. The second-order valence-corrected chi connectivity index (χ2v) is 5.89. The highest BCUT2D eigenvalue weighted by atomic mass is 32.2. The fourth-order valence-electron chi connectivity index (χ4n) is 1.55. The zero-order chi connectivity index (χ0) is 12.0. The van der Waals surface area contributed by atoms with Crippen molar-refractivity contribution in [1.29, 1.82) is 0 Å². The van der Waals surface area contributed by atoms with Crippen LogP contribution < -0.4 is 0 Å². The number of rotatable bonds is 6. The van der Waals surface area contributed by atoms with Gasteiger partial charge in [0.15, 0.2) is 0 Å². The monoisotopic (exact) mass is 242 g/mol. The third-order valence-electron chi connectivity index (χ3n) is 2.68. The minimum Gasteiger partial charge on any atom is -0.285 e. The number of benzene rings is 1. The van der Waals surface area contributed by atoms with Gasteiger partial charge in [-0.3, -0.25) is 4.55 Å². The first-order valence-electron chi connectivity index (χ1n) is 5.50. The summed E-state index contributed by atoms with van der Waals surface area (Å²) in [5.41, 5.74) is 1.27. The molecule has 0 aliphatic rings. The lowest BCUT2D eigenvalue weighted by atomic mass is 10.1. The Morgan fingerprint density at radius 2 is 1.81 bits per heavy atom. The number of unbranched alkanes of at least 4 members (excludes halogenated alkanes) is 1. The summed E-state index contributed by atoms with van der Waals surface area (Å²) in [4.78, 5) is 0. The Kier molecular flexibility index (Phi) is 4.96. The fourth-order valence-corrected chi connectivity index (χ4v) is 2.02. The van der Waals surface area contributed by atoms with Crippen molar-refractivity contribution in [1.82, 2.24) is 0 Å². The maximum atomic E-state index is 10.8. The molecule has 1 atom stereocenters. The number of aryl methyl sites for hydroxylation is 1. The van der Waals surface area contributed by atoms with Gasteiger partial charge in [-0.05, 0) is 31.7 Å². The van der Waals surface area contributed by atoms with Crippen LogP contribution in [0.4, 0.5) is 0 Å². The van der Waals surface area contributed by atoms with Crippen LogP contribution in [0, 0.1) is 0 Å². The number of hydrogen-bond donors (Lipinski definition) is 1. The minimum absolute atomic E-state index is 0.520. The van der Waals surface area contributed by atoms with E-state index in [1.807, 2.05) is 18.2 Å². The molecule has 0 bridgehead atoms. The standard InChI is InChI=1S/C12H18O3S/c1-11(16(13,14)15)7-5-6-10-12-8-3-2-4-9-12/h2-4,8-9,11H,5-7,10H2,1H3,(H,13,14,15).